The predicted molar refractivity (Wildman–Crippen MR) is 89.8 cm³/mol. The Morgan fingerprint density at radius 1 is 1.21 bits per heavy atom. The van der Waals surface area contributed by atoms with Gasteiger partial charge in [0, 0.05) is 36.9 Å². The second-order valence-electron chi connectivity index (χ2n) is 7.21. The molecule has 1 N–H and O–H groups in total. The number of rotatable bonds is 4. The Labute approximate surface area is 141 Å². The molecule has 5 heteroatoms. The van der Waals surface area contributed by atoms with E-state index in [4.69, 9.17) is 0 Å². The number of fused-ring (bicyclic) bond motifs is 2. The van der Waals surface area contributed by atoms with Crippen molar-refractivity contribution in [2.75, 3.05) is 0 Å². The standard InChI is InChI=1S/C19H24FN3O/c1-2-22-12-14(11-21-22)13-23-17-7-8-18(23)10-19(24,9-17)15-3-5-16(20)6-4-15/h3-6,11-12,17-18,24H,2,7-10,13H2,1H3/t17-,18+,19?. The first-order valence-electron chi connectivity index (χ1n) is 8.83. The third kappa shape index (κ3) is 2.76. The van der Waals surface area contributed by atoms with Gasteiger partial charge in [-0.2, -0.15) is 5.10 Å². The molecule has 128 valence electrons. The van der Waals surface area contributed by atoms with Crippen LogP contribution in [0, 0.1) is 5.82 Å². The summed E-state index contributed by atoms with van der Waals surface area (Å²) in [4.78, 5) is 2.52. The summed E-state index contributed by atoms with van der Waals surface area (Å²) in [7, 11) is 0. The van der Waals surface area contributed by atoms with Crippen LogP contribution in [0.5, 0.6) is 0 Å². The van der Waals surface area contributed by atoms with Crippen LogP contribution in [-0.4, -0.2) is 31.9 Å². The van der Waals surface area contributed by atoms with Crippen molar-refractivity contribution in [3.05, 3.63) is 53.6 Å². The molecule has 2 aliphatic rings. The van der Waals surface area contributed by atoms with Crippen molar-refractivity contribution in [3.8, 4) is 0 Å². The summed E-state index contributed by atoms with van der Waals surface area (Å²) < 4.78 is 15.1. The zero-order chi connectivity index (χ0) is 16.7. The van der Waals surface area contributed by atoms with Gasteiger partial charge in [-0.05, 0) is 50.3 Å². The van der Waals surface area contributed by atoms with Crippen molar-refractivity contribution in [2.24, 2.45) is 0 Å². The number of hydrogen-bond acceptors (Lipinski definition) is 3. The maximum Gasteiger partial charge on any atom is 0.123 e. The molecule has 1 aromatic heterocycles. The maximum atomic E-state index is 13.2. The SMILES string of the molecule is CCn1cc(CN2[C@@H]3CC[C@H]2CC(O)(c2ccc(F)cc2)C3)cn1. The fraction of sp³-hybridized carbons (Fsp3) is 0.526. The number of aromatic nitrogens is 2. The van der Waals surface area contributed by atoms with E-state index < -0.39 is 5.60 Å². The normalized spacial score (nSPS) is 30.0. The molecule has 2 bridgehead atoms. The van der Waals surface area contributed by atoms with Crippen LogP contribution >= 0.6 is 0 Å². The number of nitrogens with zero attached hydrogens (tertiary/aromatic N) is 3. The van der Waals surface area contributed by atoms with Crippen LogP contribution in [0.2, 0.25) is 0 Å². The molecule has 1 unspecified atom stereocenters. The van der Waals surface area contributed by atoms with Crippen molar-refractivity contribution in [1.82, 2.24) is 14.7 Å². The molecule has 2 fully saturated rings. The Hall–Kier alpha value is -1.72. The second-order valence-corrected chi connectivity index (χ2v) is 7.21. The van der Waals surface area contributed by atoms with Crippen LogP contribution in [0.1, 0.15) is 43.7 Å². The Morgan fingerprint density at radius 2 is 1.88 bits per heavy atom. The Kier molecular flexibility index (Phi) is 3.93. The molecule has 3 heterocycles. The van der Waals surface area contributed by atoms with E-state index in [-0.39, 0.29) is 5.82 Å². The fourth-order valence-corrected chi connectivity index (χ4v) is 4.44. The lowest BCUT2D eigenvalue weighted by Gasteiger charge is -2.44. The highest BCUT2D eigenvalue weighted by molar-refractivity contribution is 5.26. The molecule has 0 radical (unpaired) electrons. The molecular formula is C19H24FN3O. The summed E-state index contributed by atoms with van der Waals surface area (Å²) in [6.07, 6.45) is 7.74. The predicted octanol–water partition coefficient (Wildman–Crippen LogP) is 3.06. The van der Waals surface area contributed by atoms with Gasteiger partial charge in [-0.25, -0.2) is 4.39 Å². The summed E-state index contributed by atoms with van der Waals surface area (Å²) in [5.41, 5.74) is 1.25. The van der Waals surface area contributed by atoms with E-state index in [1.165, 1.54) is 17.7 Å². The van der Waals surface area contributed by atoms with Gasteiger partial charge in [-0.1, -0.05) is 12.1 Å². The summed E-state index contributed by atoms with van der Waals surface area (Å²) in [6.45, 7) is 3.87. The van der Waals surface area contributed by atoms with Gasteiger partial charge in [0.1, 0.15) is 5.82 Å². The highest BCUT2D eigenvalue weighted by Crippen LogP contribution is 2.46. The van der Waals surface area contributed by atoms with E-state index in [0.717, 1.165) is 44.3 Å². The fourth-order valence-electron chi connectivity index (χ4n) is 4.44. The zero-order valence-electron chi connectivity index (χ0n) is 14.0. The number of benzene rings is 1. The lowest BCUT2D eigenvalue weighted by molar-refractivity contribution is -0.0595. The molecule has 0 spiro atoms. The molecule has 24 heavy (non-hydrogen) atoms. The van der Waals surface area contributed by atoms with Gasteiger partial charge in [0.2, 0.25) is 0 Å². The molecule has 0 saturated carbocycles. The Balaban J connectivity index is 1.51. The monoisotopic (exact) mass is 329 g/mol. The van der Waals surface area contributed by atoms with Gasteiger partial charge in [-0.15, -0.1) is 0 Å². The average molecular weight is 329 g/mol. The zero-order valence-corrected chi connectivity index (χ0v) is 14.0. The minimum atomic E-state index is -0.830. The highest BCUT2D eigenvalue weighted by Gasteiger charge is 2.48. The van der Waals surface area contributed by atoms with E-state index >= 15 is 0 Å². The molecule has 2 aliphatic heterocycles. The topological polar surface area (TPSA) is 41.3 Å². The van der Waals surface area contributed by atoms with Gasteiger partial charge >= 0.3 is 0 Å². The Bertz CT molecular complexity index is 698. The van der Waals surface area contributed by atoms with Gasteiger partial charge in [-0.3, -0.25) is 9.58 Å². The average Bonchev–Trinajstić information content (AvgIpc) is 3.12. The van der Waals surface area contributed by atoms with Crippen molar-refractivity contribution in [1.29, 1.82) is 0 Å². The van der Waals surface area contributed by atoms with E-state index in [1.807, 2.05) is 10.9 Å². The molecule has 2 aromatic rings. The molecule has 3 atom stereocenters. The first-order chi connectivity index (χ1) is 11.6. The van der Waals surface area contributed by atoms with Crippen LogP contribution < -0.4 is 0 Å². The minimum Gasteiger partial charge on any atom is -0.385 e. The first kappa shape index (κ1) is 15.8. The number of aliphatic hydroxyl groups is 1. The number of piperidine rings is 1. The summed E-state index contributed by atoms with van der Waals surface area (Å²) in [5.74, 6) is -0.254. The number of hydrogen-bond donors (Lipinski definition) is 1. The number of halogens is 1. The smallest absolute Gasteiger partial charge is 0.123 e. The van der Waals surface area contributed by atoms with Crippen molar-refractivity contribution < 1.29 is 9.50 Å². The van der Waals surface area contributed by atoms with Crippen molar-refractivity contribution in [2.45, 2.75) is 63.4 Å². The molecule has 4 nitrogen and oxygen atoms in total. The lowest BCUT2D eigenvalue weighted by Crippen LogP contribution is -2.49. The number of aryl methyl sites for hydroxylation is 1. The lowest BCUT2D eigenvalue weighted by atomic mass is 9.80. The van der Waals surface area contributed by atoms with Crippen LogP contribution in [0.25, 0.3) is 0 Å². The van der Waals surface area contributed by atoms with Crippen LogP contribution in [-0.2, 0) is 18.7 Å². The van der Waals surface area contributed by atoms with Crippen molar-refractivity contribution in [3.63, 3.8) is 0 Å². The quantitative estimate of drug-likeness (QED) is 0.937. The van der Waals surface area contributed by atoms with Crippen LogP contribution in [0.15, 0.2) is 36.7 Å². The van der Waals surface area contributed by atoms with Crippen molar-refractivity contribution >= 4 is 0 Å². The van der Waals surface area contributed by atoms with Crippen LogP contribution in [0.3, 0.4) is 0 Å². The molecular weight excluding hydrogens is 305 g/mol. The van der Waals surface area contributed by atoms with E-state index in [9.17, 15) is 9.50 Å². The third-order valence-corrected chi connectivity index (χ3v) is 5.68. The van der Waals surface area contributed by atoms with Crippen LogP contribution in [0.4, 0.5) is 4.39 Å². The molecule has 2 saturated heterocycles. The second kappa shape index (κ2) is 5.97. The van der Waals surface area contributed by atoms with E-state index in [2.05, 4.69) is 23.1 Å². The highest BCUT2D eigenvalue weighted by atomic mass is 19.1. The van der Waals surface area contributed by atoms with Gasteiger partial charge < -0.3 is 5.11 Å². The molecule has 4 rings (SSSR count). The summed E-state index contributed by atoms with van der Waals surface area (Å²) >= 11 is 0. The molecule has 0 amide bonds. The van der Waals surface area contributed by atoms with Gasteiger partial charge in [0.15, 0.2) is 0 Å². The molecule has 0 aliphatic carbocycles. The van der Waals surface area contributed by atoms with E-state index in [0.29, 0.717) is 12.1 Å². The summed E-state index contributed by atoms with van der Waals surface area (Å²) in [5, 5.41) is 15.5. The van der Waals surface area contributed by atoms with Gasteiger partial charge in [0.25, 0.3) is 0 Å². The largest absolute Gasteiger partial charge is 0.385 e. The maximum absolute atomic E-state index is 13.2. The Morgan fingerprint density at radius 3 is 2.46 bits per heavy atom. The van der Waals surface area contributed by atoms with Gasteiger partial charge in [0.05, 0.1) is 11.8 Å². The first-order valence-corrected chi connectivity index (χ1v) is 8.83. The third-order valence-electron chi connectivity index (χ3n) is 5.68. The van der Waals surface area contributed by atoms with E-state index in [1.54, 1.807) is 12.1 Å². The summed E-state index contributed by atoms with van der Waals surface area (Å²) in [6, 6.07) is 7.11. The molecule has 1 aromatic carbocycles. The minimum absolute atomic E-state index is 0.254.